The lowest BCUT2D eigenvalue weighted by Crippen LogP contribution is -2.41. The Balaban J connectivity index is 0.000000527. The molecule has 714 valence electrons. The van der Waals surface area contributed by atoms with Crippen LogP contribution in [0.3, 0.4) is 0 Å². The summed E-state index contributed by atoms with van der Waals surface area (Å²) in [6.07, 6.45) is 8.98. The Labute approximate surface area is 829 Å². The van der Waals surface area contributed by atoms with Gasteiger partial charge in [-0.15, -0.1) is 18.8 Å². The Kier molecular flexibility index (Phi) is 63.2. The summed E-state index contributed by atoms with van der Waals surface area (Å²) in [6, 6.07) is 68.0. The number of hydrogen-bond donors (Lipinski definition) is 5. The summed E-state index contributed by atoms with van der Waals surface area (Å²) in [6.45, 7) is -10.8. The number of aliphatic hydroxyl groups is 2. The van der Waals surface area contributed by atoms with E-state index in [0.29, 0.717) is 70.2 Å². The molecular weight excluding hydrogens is 2200 g/mol. The van der Waals surface area contributed by atoms with Gasteiger partial charge in [0.2, 0.25) is 0 Å². The fourth-order valence-electron chi connectivity index (χ4n) is 10.5. The molecule has 4 unspecified atom stereocenters. The number of nitrogens with two attached hydrogens (primary N) is 3. The molecule has 10 aromatic rings. The summed E-state index contributed by atoms with van der Waals surface area (Å²) < 4.78 is 193. The third-order valence-electron chi connectivity index (χ3n) is 16.9. The number of alkyl halides is 14. The molecule has 0 radical (unpaired) electrons. The average Bonchev–Trinajstić information content (AvgIpc) is 1.58. The molecule has 8 N–H and O–H groups in total. The zero-order valence-corrected chi connectivity index (χ0v) is 82.6. The van der Waals surface area contributed by atoms with Crippen LogP contribution in [0.15, 0.2) is 275 Å². The fourth-order valence-corrected chi connectivity index (χ4v) is 13.5. The van der Waals surface area contributed by atoms with Gasteiger partial charge in [-0.25, -0.2) is 18.2 Å². The highest BCUT2D eigenvalue weighted by atomic mass is 127. The van der Waals surface area contributed by atoms with E-state index in [2.05, 4.69) is 186 Å². The van der Waals surface area contributed by atoms with E-state index < -0.39 is 76.5 Å². The van der Waals surface area contributed by atoms with Gasteiger partial charge in [-0.2, -0.15) is 26.3 Å². The quantitative estimate of drug-likeness (QED) is 0.00822. The predicted octanol–water partition coefficient (Wildman–Crippen LogP) is 26.7. The van der Waals surface area contributed by atoms with Crippen LogP contribution in [0.4, 0.5) is 61.5 Å². The van der Waals surface area contributed by atoms with Gasteiger partial charge in [0.15, 0.2) is 23.2 Å². The Bertz CT molecular complexity index is 5360. The summed E-state index contributed by atoms with van der Waals surface area (Å²) in [7, 11) is 3.00. The van der Waals surface area contributed by atoms with Gasteiger partial charge in [0.05, 0.1) is 39.9 Å². The second-order valence-electron chi connectivity index (χ2n) is 26.9. The maximum atomic E-state index is 14.5. The standard InChI is InChI=1S/C21H21F4N3O2.C19H16F4O.C10H11BrF2.C10H10BrFO.C10H8BrF.C10H9BrO.C9H6F2O.C6H4BrI.C4H6O.C2H7N3/c1-28-18(29)21(27-20(28)26,14-7-9-16(10-8-14)30-19(24)25)15-5-2-4-13(12-15)17(23)6-3-11-22;20-12-2-5-18(21)16-4-1-3-15(13-16)7-6-14-8-10-17(11-9-14)24-19(22)23;2*11-9-4-1-3-8(7-9)10(13)5-2-6-12;2*11-10-6-3-5-9(8-10)4-1-2-7-12;1-2-7-3-5-8(6-4-7)12-9(10)11;7-5-2-1-3-6(8)4-5;1-2-3-4-5;1-5-2(3)4/h2,4-5,7-10,12,17,19H,3,6,11H2,1H3,(H2,26,27);1,3-4,8-11,13,18-19H,2,5,12H2;1,3-4,7,10H,2,5-6H2;1,3-4,7H,2,5-6H2;3,5-6,8H,2,7H2;3,5-6,8,12H,2,7H2;1,3-6,9H;1-4H;1,5H,3-4H2;1H3,(H4,3,4,5). The number of guanidine groups is 2. The molecule has 0 bridgehead atoms. The number of aliphatic hydroxyl groups excluding tert-OH is 2. The highest BCUT2D eigenvalue weighted by molar-refractivity contribution is 14.1. The maximum absolute atomic E-state index is 14.5. The van der Waals surface area contributed by atoms with Crippen LogP contribution in [0, 0.1) is 63.8 Å². The molecule has 0 spiro atoms. The Hall–Kier alpha value is -10.7. The normalized spacial score (nSPS) is 12.2. The molecule has 1 heterocycles. The summed E-state index contributed by atoms with van der Waals surface area (Å²) in [5.74, 6) is 21.5. The Morgan fingerprint density at radius 3 is 1.22 bits per heavy atom. The van der Waals surface area contributed by atoms with E-state index in [1.807, 2.05) is 72.8 Å². The summed E-state index contributed by atoms with van der Waals surface area (Å²) >= 11 is 18.8. The number of carbonyl (C=O) groups is 2. The molecule has 0 aliphatic carbocycles. The van der Waals surface area contributed by atoms with Crippen molar-refractivity contribution in [3.05, 3.63) is 330 Å². The van der Waals surface area contributed by atoms with Gasteiger partial charge >= 0.3 is 19.8 Å². The van der Waals surface area contributed by atoms with Gasteiger partial charge in [0, 0.05) is 99.1 Å². The third-order valence-corrected chi connectivity index (χ3v) is 20.0. The van der Waals surface area contributed by atoms with Crippen molar-refractivity contribution in [2.75, 3.05) is 60.7 Å². The van der Waals surface area contributed by atoms with Crippen molar-refractivity contribution in [3.63, 3.8) is 0 Å². The van der Waals surface area contributed by atoms with Gasteiger partial charge in [0.25, 0.3) is 5.91 Å². The van der Waals surface area contributed by atoms with Gasteiger partial charge < -0.3 is 41.6 Å². The van der Waals surface area contributed by atoms with Crippen molar-refractivity contribution >= 4 is 126 Å². The van der Waals surface area contributed by atoms with E-state index in [4.69, 9.17) is 40.3 Å². The van der Waals surface area contributed by atoms with Crippen molar-refractivity contribution in [1.82, 2.24) is 4.90 Å². The molecule has 1 aliphatic rings. The van der Waals surface area contributed by atoms with Crippen molar-refractivity contribution in [2.45, 2.75) is 115 Å². The molecule has 11 rings (SSSR count). The Morgan fingerprint density at radius 2 is 0.843 bits per heavy atom. The molecule has 4 atom stereocenters. The lowest BCUT2D eigenvalue weighted by Gasteiger charge is -2.27. The average molecular weight is 2300 g/mol. The first-order valence-corrected chi connectivity index (χ1v) is 45.5. The Morgan fingerprint density at radius 1 is 0.463 bits per heavy atom. The van der Waals surface area contributed by atoms with Crippen molar-refractivity contribution in [3.8, 4) is 77.5 Å². The summed E-state index contributed by atoms with van der Waals surface area (Å²) in [5.41, 5.74) is 20.4. The van der Waals surface area contributed by atoms with Crippen LogP contribution in [0.5, 0.6) is 17.2 Å². The summed E-state index contributed by atoms with van der Waals surface area (Å²) in [4.78, 5) is 33.5. The molecule has 134 heavy (non-hydrogen) atoms. The van der Waals surface area contributed by atoms with Crippen LogP contribution in [-0.4, -0.2) is 119 Å². The topological polar surface area (TPSA) is 208 Å². The van der Waals surface area contributed by atoms with Crippen molar-refractivity contribution < 1.29 is 95.5 Å². The largest absolute Gasteiger partial charge is 0.435 e. The van der Waals surface area contributed by atoms with E-state index in [1.165, 1.54) is 89.3 Å². The van der Waals surface area contributed by atoms with E-state index >= 15 is 0 Å². The van der Waals surface area contributed by atoms with Crippen LogP contribution in [0.25, 0.3) is 0 Å². The molecule has 0 fully saturated rings. The molecular formula is C101H98Br5F14IN6O7. The number of benzene rings is 10. The number of Topliss-reactive ketones (excluding diaryl/α,β-unsaturated/α-hetero) is 1. The number of hydrogen-bond acceptors (Lipinski definition) is 10. The number of likely N-dealkylation sites (N-methyl/N-ethyl adjacent to an activating group) is 1. The maximum Gasteiger partial charge on any atom is 0.387 e. The smallest absolute Gasteiger partial charge is 0.387 e. The third kappa shape index (κ3) is 51.2. The van der Waals surface area contributed by atoms with Crippen LogP contribution in [-0.2, 0) is 10.3 Å². The first-order chi connectivity index (χ1) is 64.2. The number of rotatable bonds is 27. The molecule has 0 saturated heterocycles. The number of halogens is 20. The molecule has 1 aliphatic heterocycles. The predicted molar refractivity (Wildman–Crippen MR) is 530 cm³/mol. The molecule has 33 heteroatoms. The second kappa shape index (κ2) is 71.0. The first-order valence-electron chi connectivity index (χ1n) is 40.5. The number of ether oxygens (including phenoxy) is 3. The monoisotopic (exact) mass is 2290 g/mol. The zero-order valence-electron chi connectivity index (χ0n) is 72.5. The number of aliphatic imine (C=N–C) groups is 2. The molecule has 0 saturated carbocycles. The molecule has 1 amide bonds. The number of terminal acetylenes is 2. The minimum atomic E-state index is -2.99. The molecule has 13 nitrogen and oxygen atoms in total. The number of carbonyl (C=O) groups excluding carboxylic acids is 2. The van der Waals surface area contributed by atoms with E-state index in [-0.39, 0.29) is 105 Å². The van der Waals surface area contributed by atoms with Crippen LogP contribution >= 0.6 is 102 Å². The molecule has 0 aromatic heterocycles. The minimum Gasteiger partial charge on any atom is -0.435 e. The van der Waals surface area contributed by atoms with Crippen LogP contribution in [0.2, 0.25) is 0 Å². The van der Waals surface area contributed by atoms with Crippen LogP contribution < -0.4 is 31.4 Å². The lowest BCUT2D eigenvalue weighted by molar-refractivity contribution is -0.129. The van der Waals surface area contributed by atoms with Gasteiger partial charge in [0.1, 0.15) is 42.4 Å². The van der Waals surface area contributed by atoms with E-state index in [9.17, 15) is 71.1 Å². The minimum absolute atomic E-state index is 0.000972. The highest BCUT2D eigenvalue weighted by Gasteiger charge is 2.50. The summed E-state index contributed by atoms with van der Waals surface area (Å²) in [5, 5.41) is 16.4. The van der Waals surface area contributed by atoms with Crippen molar-refractivity contribution in [1.29, 1.82) is 0 Å². The SMILES string of the molecule is Brc1cccc(I)c1.C#CCCO.C#Cc1ccc(OC(F)F)cc1.CN1C(=O)C(c2ccc(OC(F)F)cc2)(c2cccc(C(F)CCCF)c2)N=C1N.CN=C(N)N.FCCC#Cc1cccc(Br)c1.FCCCC(F)c1cccc(Br)c1.FCCCC(F)c1cccc(C#Cc2ccc(OC(F)F)cc2)c1.O=C(CCCF)c1cccc(Br)c1.OCCC#Cc1cccc(Br)c1. The number of amides is 1. The fraction of sp³-hybridized carbons (Fsp3) is 0.267. The van der Waals surface area contributed by atoms with Crippen LogP contribution in [0.1, 0.15) is 155 Å². The number of ketones is 1. The zero-order chi connectivity index (χ0) is 99.6. The second-order valence-corrected chi connectivity index (χ2v) is 32.7. The lowest BCUT2D eigenvalue weighted by atomic mass is 9.81. The van der Waals surface area contributed by atoms with Gasteiger partial charge in [-0.3, -0.25) is 41.4 Å². The van der Waals surface area contributed by atoms with Gasteiger partial charge in [-0.05, 0) is 253 Å². The van der Waals surface area contributed by atoms with E-state index in [1.54, 1.807) is 91.0 Å². The molecule has 10 aromatic carbocycles. The number of nitrogens with zero attached hydrogens (tertiary/aromatic N) is 3. The van der Waals surface area contributed by atoms with E-state index in [0.717, 1.165) is 33.5 Å². The van der Waals surface area contributed by atoms with Gasteiger partial charge in [-0.1, -0.05) is 206 Å². The van der Waals surface area contributed by atoms with Crippen molar-refractivity contribution in [2.24, 2.45) is 27.2 Å². The highest BCUT2D eigenvalue weighted by Crippen LogP contribution is 2.42. The first kappa shape index (κ1) is 119.